The Kier molecular flexibility index (Phi) is 7.49. The second kappa shape index (κ2) is 11.1. The summed E-state index contributed by atoms with van der Waals surface area (Å²) in [6.45, 7) is 0. The molecule has 0 N–H and O–H groups in total. The SMILES string of the molecule is O=S(=O)(Oc1ccc(C(c2ccccc2)c2ccc(OS(=O)(=O)c3ccccc3)cc2)cc1)c1ccccc1. The number of rotatable bonds is 9. The molecule has 6 nitrogen and oxygen atoms in total. The summed E-state index contributed by atoms with van der Waals surface area (Å²) in [5, 5.41) is 0. The third-order valence-corrected chi connectivity index (χ3v) is 8.56. The van der Waals surface area contributed by atoms with Crippen molar-refractivity contribution in [2.75, 3.05) is 0 Å². The monoisotopic (exact) mass is 556 g/mol. The molecule has 0 amide bonds. The molecule has 0 spiro atoms. The predicted octanol–water partition coefficient (Wildman–Crippen LogP) is 6.40. The summed E-state index contributed by atoms with van der Waals surface area (Å²) in [6.07, 6.45) is 0. The van der Waals surface area contributed by atoms with Crippen LogP contribution in [0.1, 0.15) is 22.6 Å². The van der Waals surface area contributed by atoms with E-state index in [1.54, 1.807) is 60.7 Å². The van der Waals surface area contributed by atoms with Crippen molar-refractivity contribution in [1.82, 2.24) is 0 Å². The van der Waals surface area contributed by atoms with E-state index in [4.69, 9.17) is 8.37 Å². The molecule has 0 saturated carbocycles. The Balaban J connectivity index is 1.41. The maximum absolute atomic E-state index is 12.6. The molecule has 5 rings (SSSR count). The van der Waals surface area contributed by atoms with E-state index in [0.29, 0.717) is 0 Å². The van der Waals surface area contributed by atoms with Crippen molar-refractivity contribution in [3.63, 3.8) is 0 Å². The van der Waals surface area contributed by atoms with Crippen LogP contribution in [0.4, 0.5) is 0 Å². The number of hydrogen-bond acceptors (Lipinski definition) is 6. The highest BCUT2D eigenvalue weighted by molar-refractivity contribution is 7.87. The second-order valence-corrected chi connectivity index (χ2v) is 11.8. The van der Waals surface area contributed by atoms with Crippen LogP contribution in [-0.2, 0) is 20.2 Å². The fourth-order valence-corrected chi connectivity index (χ4v) is 6.08. The van der Waals surface area contributed by atoms with E-state index >= 15 is 0 Å². The van der Waals surface area contributed by atoms with Crippen molar-refractivity contribution < 1.29 is 25.2 Å². The molecule has 5 aromatic rings. The summed E-state index contributed by atoms with van der Waals surface area (Å²) in [7, 11) is -7.91. The minimum atomic E-state index is -3.95. The van der Waals surface area contributed by atoms with Gasteiger partial charge in [0.25, 0.3) is 0 Å². The molecular weight excluding hydrogens is 532 g/mol. The van der Waals surface area contributed by atoms with Gasteiger partial charge >= 0.3 is 20.2 Å². The Morgan fingerprint density at radius 1 is 0.385 bits per heavy atom. The van der Waals surface area contributed by atoms with Crippen LogP contribution in [0, 0.1) is 0 Å². The van der Waals surface area contributed by atoms with E-state index in [1.807, 2.05) is 54.6 Å². The molecule has 5 aromatic carbocycles. The van der Waals surface area contributed by atoms with Crippen LogP contribution in [0.15, 0.2) is 149 Å². The van der Waals surface area contributed by atoms with E-state index in [9.17, 15) is 16.8 Å². The third-order valence-electron chi connectivity index (χ3n) is 6.04. The van der Waals surface area contributed by atoms with Crippen LogP contribution in [0.5, 0.6) is 11.5 Å². The van der Waals surface area contributed by atoms with Gasteiger partial charge in [0.15, 0.2) is 0 Å². The highest BCUT2D eigenvalue weighted by Crippen LogP contribution is 2.34. The second-order valence-electron chi connectivity index (χ2n) is 8.68. The Labute approximate surface area is 228 Å². The van der Waals surface area contributed by atoms with Gasteiger partial charge < -0.3 is 8.37 Å². The van der Waals surface area contributed by atoms with Crippen molar-refractivity contribution in [2.24, 2.45) is 0 Å². The fourth-order valence-electron chi connectivity index (χ4n) is 4.18. The smallest absolute Gasteiger partial charge is 0.339 e. The molecule has 0 bridgehead atoms. The number of benzene rings is 5. The molecule has 0 fully saturated rings. The molecule has 0 atom stereocenters. The largest absolute Gasteiger partial charge is 0.379 e. The lowest BCUT2D eigenvalue weighted by molar-refractivity contribution is 0.484. The van der Waals surface area contributed by atoms with Crippen LogP contribution in [0.25, 0.3) is 0 Å². The predicted molar refractivity (Wildman–Crippen MR) is 149 cm³/mol. The summed E-state index contributed by atoms with van der Waals surface area (Å²) in [5.41, 5.74) is 2.81. The minimum Gasteiger partial charge on any atom is -0.379 e. The molecule has 8 heteroatoms. The van der Waals surface area contributed by atoms with Gasteiger partial charge in [0.05, 0.1) is 0 Å². The first-order chi connectivity index (χ1) is 18.8. The van der Waals surface area contributed by atoms with E-state index in [2.05, 4.69) is 0 Å². The van der Waals surface area contributed by atoms with Crippen molar-refractivity contribution in [3.05, 3.63) is 156 Å². The van der Waals surface area contributed by atoms with Gasteiger partial charge in [-0.2, -0.15) is 16.8 Å². The molecule has 0 heterocycles. The highest BCUT2D eigenvalue weighted by Gasteiger charge is 2.20. The molecule has 0 aliphatic rings. The van der Waals surface area contributed by atoms with E-state index in [1.165, 1.54) is 24.3 Å². The first-order valence-corrected chi connectivity index (χ1v) is 14.9. The van der Waals surface area contributed by atoms with Crippen LogP contribution in [-0.4, -0.2) is 16.8 Å². The Morgan fingerprint density at radius 3 is 1.05 bits per heavy atom. The molecule has 0 saturated heterocycles. The molecule has 0 radical (unpaired) electrons. The third kappa shape index (κ3) is 6.19. The Bertz CT molecular complexity index is 1620. The van der Waals surface area contributed by atoms with Crippen LogP contribution in [0.2, 0.25) is 0 Å². The molecule has 0 aliphatic heterocycles. The van der Waals surface area contributed by atoms with Gasteiger partial charge in [-0.1, -0.05) is 91.0 Å². The summed E-state index contributed by atoms with van der Waals surface area (Å²) < 4.78 is 61.1. The Morgan fingerprint density at radius 2 is 0.692 bits per heavy atom. The molecule has 196 valence electrons. The standard InChI is InChI=1S/C31H24O6S2/c32-38(33,29-12-6-2-7-13-29)36-27-20-16-25(17-21-27)31(24-10-4-1-5-11-24)26-18-22-28(23-19-26)37-39(34,35)30-14-8-3-9-15-30/h1-23,31H. The van der Waals surface area contributed by atoms with Crippen molar-refractivity contribution in [1.29, 1.82) is 0 Å². The fraction of sp³-hybridized carbons (Fsp3) is 0.0323. The van der Waals surface area contributed by atoms with Crippen molar-refractivity contribution in [3.8, 4) is 11.5 Å². The average molecular weight is 557 g/mol. The zero-order valence-corrected chi connectivity index (χ0v) is 22.3. The van der Waals surface area contributed by atoms with E-state index in [-0.39, 0.29) is 27.2 Å². The van der Waals surface area contributed by atoms with Crippen LogP contribution < -0.4 is 8.37 Å². The van der Waals surface area contributed by atoms with Crippen molar-refractivity contribution in [2.45, 2.75) is 15.7 Å². The molecule has 0 aromatic heterocycles. The molecule has 0 aliphatic carbocycles. The quantitative estimate of drug-likeness (QED) is 0.154. The van der Waals surface area contributed by atoms with E-state index in [0.717, 1.165) is 16.7 Å². The summed E-state index contributed by atoms with van der Waals surface area (Å²) in [6, 6.07) is 39.5. The number of hydrogen-bond donors (Lipinski definition) is 0. The average Bonchev–Trinajstić information content (AvgIpc) is 2.96. The molecule has 0 unspecified atom stereocenters. The van der Waals surface area contributed by atoms with Gasteiger partial charge in [-0.25, -0.2) is 0 Å². The zero-order valence-electron chi connectivity index (χ0n) is 20.6. The lowest BCUT2D eigenvalue weighted by Gasteiger charge is -2.20. The zero-order chi connectivity index (χ0) is 27.3. The van der Waals surface area contributed by atoms with Gasteiger partial charge in [0.2, 0.25) is 0 Å². The topological polar surface area (TPSA) is 86.7 Å². The van der Waals surface area contributed by atoms with E-state index < -0.39 is 20.2 Å². The Hall–Kier alpha value is -4.40. The summed E-state index contributed by atoms with van der Waals surface area (Å²) in [4.78, 5) is 0.153. The summed E-state index contributed by atoms with van der Waals surface area (Å²) >= 11 is 0. The molecule has 39 heavy (non-hydrogen) atoms. The first kappa shape index (κ1) is 26.2. The normalized spacial score (nSPS) is 11.7. The van der Waals surface area contributed by atoms with Crippen LogP contribution >= 0.6 is 0 Å². The maximum atomic E-state index is 12.6. The lowest BCUT2D eigenvalue weighted by atomic mass is 9.85. The van der Waals surface area contributed by atoms with Gasteiger partial charge in [0.1, 0.15) is 21.3 Å². The van der Waals surface area contributed by atoms with Gasteiger partial charge in [-0.3, -0.25) is 0 Å². The van der Waals surface area contributed by atoms with Crippen molar-refractivity contribution >= 4 is 20.2 Å². The van der Waals surface area contributed by atoms with Gasteiger partial charge in [0, 0.05) is 5.92 Å². The maximum Gasteiger partial charge on any atom is 0.339 e. The molecular formula is C31H24O6S2. The van der Waals surface area contributed by atoms with Gasteiger partial charge in [-0.15, -0.1) is 0 Å². The first-order valence-electron chi connectivity index (χ1n) is 12.1. The van der Waals surface area contributed by atoms with Crippen LogP contribution in [0.3, 0.4) is 0 Å². The minimum absolute atomic E-state index is 0.0767. The summed E-state index contributed by atoms with van der Waals surface area (Å²) in [5.74, 6) is 0.194. The lowest BCUT2D eigenvalue weighted by Crippen LogP contribution is -2.10. The van der Waals surface area contributed by atoms with Gasteiger partial charge in [-0.05, 0) is 65.2 Å². The highest BCUT2D eigenvalue weighted by atomic mass is 32.2.